The van der Waals surface area contributed by atoms with Gasteiger partial charge in [0.2, 0.25) is 0 Å². The molecule has 2 aromatic heterocycles. The highest BCUT2D eigenvalue weighted by molar-refractivity contribution is 7.22. The number of carbonyl (C=O) groups is 1. The standard InChI is InChI=1S/C18H19FN4O2S/c1-11-9-14(21-22(11)2)17(24)23(10-12-5-4-8-25-12)18-20-16-13(19)6-3-7-15(16)26-18/h3,6-7,9,12H,4-5,8,10H2,1-2H3. The second-order valence-electron chi connectivity index (χ2n) is 6.43. The second-order valence-corrected chi connectivity index (χ2v) is 7.44. The van der Waals surface area contributed by atoms with E-state index < -0.39 is 0 Å². The Morgan fingerprint density at radius 3 is 3.00 bits per heavy atom. The predicted molar refractivity (Wildman–Crippen MR) is 98.2 cm³/mol. The molecule has 0 saturated carbocycles. The molecule has 4 rings (SSSR count). The average molecular weight is 374 g/mol. The molecule has 26 heavy (non-hydrogen) atoms. The molecule has 0 radical (unpaired) electrons. The smallest absolute Gasteiger partial charge is 0.280 e. The van der Waals surface area contributed by atoms with E-state index >= 15 is 0 Å². The van der Waals surface area contributed by atoms with Gasteiger partial charge in [-0.3, -0.25) is 14.4 Å². The number of anilines is 1. The zero-order valence-electron chi connectivity index (χ0n) is 14.6. The SMILES string of the molecule is Cc1cc(C(=O)N(CC2CCCO2)c2nc3c(F)cccc3s2)nn1C. The van der Waals surface area contributed by atoms with Gasteiger partial charge in [0.05, 0.1) is 17.3 Å². The van der Waals surface area contributed by atoms with Crippen LogP contribution in [0.25, 0.3) is 10.2 Å². The molecule has 136 valence electrons. The Balaban J connectivity index is 1.73. The third-order valence-corrected chi connectivity index (χ3v) is 5.62. The first-order chi connectivity index (χ1) is 12.5. The van der Waals surface area contributed by atoms with Crippen molar-refractivity contribution in [2.24, 2.45) is 7.05 Å². The van der Waals surface area contributed by atoms with Crippen LogP contribution in [0, 0.1) is 12.7 Å². The molecule has 0 bridgehead atoms. The van der Waals surface area contributed by atoms with Gasteiger partial charge in [-0.2, -0.15) is 5.10 Å². The Labute approximate surface area is 154 Å². The number of ether oxygens (including phenoxy) is 1. The minimum absolute atomic E-state index is 0.0411. The zero-order valence-corrected chi connectivity index (χ0v) is 15.4. The number of aromatic nitrogens is 3. The zero-order chi connectivity index (χ0) is 18.3. The van der Waals surface area contributed by atoms with Crippen LogP contribution in [0.5, 0.6) is 0 Å². The number of rotatable bonds is 4. The van der Waals surface area contributed by atoms with Crippen molar-refractivity contribution in [3.63, 3.8) is 0 Å². The van der Waals surface area contributed by atoms with Crippen LogP contribution < -0.4 is 4.90 Å². The van der Waals surface area contributed by atoms with Crippen molar-refractivity contribution in [1.82, 2.24) is 14.8 Å². The Morgan fingerprint density at radius 2 is 2.35 bits per heavy atom. The third-order valence-electron chi connectivity index (χ3n) is 4.58. The van der Waals surface area contributed by atoms with Crippen LogP contribution in [0.2, 0.25) is 0 Å². The van der Waals surface area contributed by atoms with Crippen LogP contribution >= 0.6 is 11.3 Å². The Bertz CT molecular complexity index is 942. The fourth-order valence-corrected chi connectivity index (χ4v) is 4.05. The molecule has 8 heteroatoms. The van der Waals surface area contributed by atoms with Crippen molar-refractivity contribution in [3.05, 3.63) is 41.5 Å². The van der Waals surface area contributed by atoms with Gasteiger partial charge in [-0.1, -0.05) is 17.4 Å². The van der Waals surface area contributed by atoms with E-state index in [4.69, 9.17) is 4.74 Å². The lowest BCUT2D eigenvalue weighted by molar-refractivity contribution is 0.0913. The summed E-state index contributed by atoms with van der Waals surface area (Å²) >= 11 is 1.30. The molecule has 1 aliphatic rings. The van der Waals surface area contributed by atoms with Crippen molar-refractivity contribution in [2.45, 2.75) is 25.9 Å². The minimum Gasteiger partial charge on any atom is -0.376 e. The minimum atomic E-state index is -0.386. The third kappa shape index (κ3) is 3.10. The van der Waals surface area contributed by atoms with Gasteiger partial charge in [0.1, 0.15) is 11.3 Å². The maximum Gasteiger partial charge on any atom is 0.280 e. The van der Waals surface area contributed by atoms with E-state index in [2.05, 4.69) is 10.1 Å². The number of aryl methyl sites for hydroxylation is 2. The number of para-hydroxylation sites is 1. The lowest BCUT2D eigenvalue weighted by Crippen LogP contribution is -2.37. The van der Waals surface area contributed by atoms with E-state index in [-0.39, 0.29) is 23.3 Å². The largest absolute Gasteiger partial charge is 0.376 e. The first-order valence-electron chi connectivity index (χ1n) is 8.52. The molecule has 1 atom stereocenters. The van der Waals surface area contributed by atoms with E-state index in [1.165, 1.54) is 17.4 Å². The first kappa shape index (κ1) is 17.1. The molecule has 6 nitrogen and oxygen atoms in total. The highest BCUT2D eigenvalue weighted by Crippen LogP contribution is 2.32. The van der Waals surface area contributed by atoms with Crippen LogP contribution in [0.3, 0.4) is 0 Å². The molecule has 0 spiro atoms. The number of carbonyl (C=O) groups excluding carboxylic acids is 1. The number of hydrogen-bond donors (Lipinski definition) is 0. The number of amides is 1. The molecule has 1 fully saturated rings. The Morgan fingerprint density at radius 1 is 1.50 bits per heavy atom. The lowest BCUT2D eigenvalue weighted by Gasteiger charge is -2.22. The summed E-state index contributed by atoms with van der Waals surface area (Å²) in [6, 6.07) is 6.58. The van der Waals surface area contributed by atoms with E-state index in [0.29, 0.717) is 28.7 Å². The second kappa shape index (κ2) is 6.77. The summed E-state index contributed by atoms with van der Waals surface area (Å²) in [6.45, 7) is 2.97. The number of hydrogen-bond acceptors (Lipinski definition) is 5. The molecule has 0 aliphatic carbocycles. The van der Waals surface area contributed by atoms with Gasteiger partial charge in [-0.05, 0) is 38.0 Å². The monoisotopic (exact) mass is 374 g/mol. The fraction of sp³-hybridized carbons (Fsp3) is 0.389. The molecule has 1 aromatic carbocycles. The molecule has 1 amide bonds. The highest BCUT2D eigenvalue weighted by atomic mass is 32.1. The number of fused-ring (bicyclic) bond motifs is 1. The number of thiazole rings is 1. The molecular formula is C18H19FN4O2S. The van der Waals surface area contributed by atoms with Crippen molar-refractivity contribution >= 4 is 32.6 Å². The molecule has 0 N–H and O–H groups in total. The lowest BCUT2D eigenvalue weighted by atomic mass is 10.2. The summed E-state index contributed by atoms with van der Waals surface area (Å²) in [6.07, 6.45) is 1.83. The number of halogens is 1. The van der Waals surface area contributed by atoms with Gasteiger partial charge in [-0.25, -0.2) is 9.37 Å². The maximum absolute atomic E-state index is 14.0. The Hall–Kier alpha value is -2.32. The molecule has 1 aliphatic heterocycles. The fourth-order valence-electron chi connectivity index (χ4n) is 3.06. The van der Waals surface area contributed by atoms with E-state index in [0.717, 1.165) is 18.5 Å². The van der Waals surface area contributed by atoms with Crippen LogP contribution in [-0.2, 0) is 11.8 Å². The van der Waals surface area contributed by atoms with Gasteiger partial charge in [0, 0.05) is 19.3 Å². The van der Waals surface area contributed by atoms with Gasteiger partial charge in [0.15, 0.2) is 10.8 Å². The van der Waals surface area contributed by atoms with Crippen molar-refractivity contribution in [1.29, 1.82) is 0 Å². The topological polar surface area (TPSA) is 60.3 Å². The summed E-state index contributed by atoms with van der Waals surface area (Å²) in [4.78, 5) is 19.1. The molecule has 1 unspecified atom stereocenters. The highest BCUT2D eigenvalue weighted by Gasteiger charge is 2.28. The van der Waals surface area contributed by atoms with Crippen LogP contribution in [0.1, 0.15) is 29.0 Å². The van der Waals surface area contributed by atoms with Gasteiger partial charge >= 0.3 is 0 Å². The van der Waals surface area contributed by atoms with E-state index in [1.54, 1.807) is 34.8 Å². The van der Waals surface area contributed by atoms with Crippen molar-refractivity contribution in [3.8, 4) is 0 Å². The van der Waals surface area contributed by atoms with E-state index in [9.17, 15) is 9.18 Å². The summed E-state index contributed by atoms with van der Waals surface area (Å²) in [7, 11) is 1.80. The predicted octanol–water partition coefficient (Wildman–Crippen LogP) is 3.30. The molecule has 3 heterocycles. The number of benzene rings is 1. The normalized spacial score (nSPS) is 17.1. The average Bonchev–Trinajstić information content (AvgIpc) is 3.33. The van der Waals surface area contributed by atoms with Crippen LogP contribution in [-0.4, -0.2) is 39.9 Å². The van der Waals surface area contributed by atoms with Crippen molar-refractivity contribution < 1.29 is 13.9 Å². The summed E-state index contributed by atoms with van der Waals surface area (Å²) < 4.78 is 22.1. The van der Waals surface area contributed by atoms with Gasteiger partial charge in [0.25, 0.3) is 5.91 Å². The van der Waals surface area contributed by atoms with Crippen LogP contribution in [0.4, 0.5) is 9.52 Å². The molecular weight excluding hydrogens is 355 g/mol. The van der Waals surface area contributed by atoms with Gasteiger partial charge < -0.3 is 4.74 Å². The summed E-state index contributed by atoms with van der Waals surface area (Å²) in [5, 5.41) is 4.76. The summed E-state index contributed by atoms with van der Waals surface area (Å²) in [5.74, 6) is -0.633. The molecule has 3 aromatic rings. The maximum atomic E-state index is 14.0. The van der Waals surface area contributed by atoms with E-state index in [1.807, 2.05) is 6.92 Å². The first-order valence-corrected chi connectivity index (χ1v) is 9.34. The van der Waals surface area contributed by atoms with Crippen LogP contribution in [0.15, 0.2) is 24.3 Å². The molecule has 1 saturated heterocycles. The Kier molecular flexibility index (Phi) is 4.46. The summed E-state index contributed by atoms with van der Waals surface area (Å²) in [5.41, 5.74) is 1.53. The van der Waals surface area contributed by atoms with Gasteiger partial charge in [-0.15, -0.1) is 0 Å². The quantitative estimate of drug-likeness (QED) is 0.703. The number of nitrogens with zero attached hydrogens (tertiary/aromatic N) is 4. The van der Waals surface area contributed by atoms with Crippen molar-refractivity contribution in [2.75, 3.05) is 18.1 Å².